The number of hydrogen-bond donors (Lipinski definition) is 0. The average molecular weight is 361 g/mol. The molecule has 0 atom stereocenters. The number of halogens is 2. The Morgan fingerprint density at radius 1 is 1.12 bits per heavy atom. The van der Waals surface area contributed by atoms with E-state index in [1.165, 1.54) is 53.4 Å². The number of benzene rings is 2. The second-order valence-corrected chi connectivity index (χ2v) is 5.45. The molecule has 0 N–H and O–H groups in total. The number of esters is 1. The molecule has 0 fully saturated rings. The van der Waals surface area contributed by atoms with Crippen LogP contribution in [0.3, 0.4) is 0 Å². The van der Waals surface area contributed by atoms with Crippen LogP contribution in [0.1, 0.15) is 16.8 Å². The van der Waals surface area contributed by atoms with E-state index in [2.05, 4.69) is 0 Å². The second-order valence-electron chi connectivity index (χ2n) is 5.01. The molecule has 128 valence electrons. The van der Waals surface area contributed by atoms with Gasteiger partial charge >= 0.3 is 5.97 Å². The molecule has 2 aromatic rings. The fraction of sp³-hybridized carbons (Fsp3) is 0.167. The van der Waals surface area contributed by atoms with Crippen molar-refractivity contribution < 1.29 is 18.7 Å². The molecule has 2 aromatic carbocycles. The van der Waals surface area contributed by atoms with Gasteiger partial charge in [0.1, 0.15) is 5.82 Å². The molecule has 1 amide bonds. The lowest BCUT2D eigenvalue weighted by molar-refractivity contribution is -0.121. The molecule has 0 bridgehead atoms. The summed E-state index contributed by atoms with van der Waals surface area (Å²) in [5, 5.41) is 9.21. The van der Waals surface area contributed by atoms with Crippen LogP contribution in [-0.2, 0) is 9.53 Å². The number of amides is 1. The number of carbonyl (C=O) groups excluding carboxylic acids is 2. The minimum absolute atomic E-state index is 0.0915. The van der Waals surface area contributed by atoms with Gasteiger partial charge in [0.25, 0.3) is 5.91 Å². The van der Waals surface area contributed by atoms with E-state index in [-0.39, 0.29) is 18.5 Å². The van der Waals surface area contributed by atoms with Crippen molar-refractivity contribution in [2.24, 2.45) is 0 Å². The summed E-state index contributed by atoms with van der Waals surface area (Å²) in [6.07, 6.45) is 0.0915. The Labute approximate surface area is 149 Å². The lowest BCUT2D eigenvalue weighted by Gasteiger charge is -2.21. The summed E-state index contributed by atoms with van der Waals surface area (Å²) in [7, 11) is 0. The van der Waals surface area contributed by atoms with E-state index in [9.17, 15) is 14.0 Å². The number of anilines is 1. The van der Waals surface area contributed by atoms with Gasteiger partial charge in [-0.25, -0.2) is 9.18 Å². The highest BCUT2D eigenvalue weighted by molar-refractivity contribution is 6.30. The van der Waals surface area contributed by atoms with Crippen molar-refractivity contribution in [2.45, 2.75) is 6.42 Å². The highest BCUT2D eigenvalue weighted by atomic mass is 35.5. The Bertz CT molecular complexity index is 785. The normalized spacial score (nSPS) is 9.96. The van der Waals surface area contributed by atoms with Gasteiger partial charge in [-0.05, 0) is 48.5 Å². The van der Waals surface area contributed by atoms with E-state index in [0.717, 1.165) is 0 Å². The quantitative estimate of drug-likeness (QED) is 0.738. The third-order valence-electron chi connectivity index (χ3n) is 3.29. The number of hydrogen-bond acceptors (Lipinski definition) is 4. The molecule has 2 rings (SSSR count). The Morgan fingerprint density at radius 2 is 1.76 bits per heavy atom. The highest BCUT2D eigenvalue weighted by Crippen LogP contribution is 2.16. The van der Waals surface area contributed by atoms with Gasteiger partial charge in [-0.2, -0.15) is 5.26 Å². The second kappa shape index (κ2) is 8.81. The topological polar surface area (TPSA) is 70.4 Å². The maximum absolute atomic E-state index is 13.0. The van der Waals surface area contributed by atoms with Crippen LogP contribution in [0, 0.1) is 17.1 Å². The maximum Gasteiger partial charge on any atom is 0.338 e. The third-order valence-corrected chi connectivity index (χ3v) is 3.55. The van der Waals surface area contributed by atoms with Crippen molar-refractivity contribution in [3.8, 4) is 6.07 Å². The first-order valence-electron chi connectivity index (χ1n) is 7.37. The van der Waals surface area contributed by atoms with E-state index < -0.39 is 24.3 Å². The van der Waals surface area contributed by atoms with Crippen LogP contribution >= 0.6 is 11.6 Å². The molecule has 0 spiro atoms. The maximum atomic E-state index is 13.0. The molecule has 0 aliphatic carbocycles. The number of ether oxygens (including phenoxy) is 1. The summed E-state index contributed by atoms with van der Waals surface area (Å²) >= 11 is 5.75. The minimum atomic E-state index is -0.663. The zero-order valence-corrected chi connectivity index (χ0v) is 13.9. The summed E-state index contributed by atoms with van der Waals surface area (Å²) in [6, 6.07) is 13.3. The smallest absolute Gasteiger partial charge is 0.338 e. The van der Waals surface area contributed by atoms with Crippen molar-refractivity contribution >= 4 is 29.2 Å². The average Bonchev–Trinajstić information content (AvgIpc) is 2.62. The SMILES string of the molecule is N#CCCN(C(=O)COC(=O)c1ccc(Cl)cc1)c1ccc(F)cc1. The Morgan fingerprint density at radius 3 is 2.36 bits per heavy atom. The standard InChI is InChI=1S/C18H14ClFN2O3/c19-14-4-2-13(3-5-14)18(24)25-12-17(23)22(11-1-10-21)16-8-6-15(20)7-9-16/h2-9H,1,11-12H2. The molecule has 0 heterocycles. The summed E-state index contributed by atoms with van der Waals surface area (Å²) in [5.41, 5.74) is 0.687. The molecule has 0 saturated carbocycles. The Kier molecular flexibility index (Phi) is 6.49. The van der Waals surface area contributed by atoms with Gasteiger partial charge in [0, 0.05) is 17.3 Å². The van der Waals surface area contributed by atoms with Crippen molar-refractivity contribution in [3.05, 3.63) is 64.9 Å². The number of rotatable bonds is 6. The molecule has 0 aliphatic rings. The van der Waals surface area contributed by atoms with Gasteiger partial charge in [-0.3, -0.25) is 4.79 Å². The molecular formula is C18H14ClFN2O3. The van der Waals surface area contributed by atoms with Crippen molar-refractivity contribution in [3.63, 3.8) is 0 Å². The molecule has 0 aromatic heterocycles. The van der Waals surface area contributed by atoms with Gasteiger partial charge in [-0.1, -0.05) is 11.6 Å². The molecule has 0 unspecified atom stereocenters. The van der Waals surface area contributed by atoms with E-state index in [0.29, 0.717) is 10.7 Å². The van der Waals surface area contributed by atoms with E-state index in [1.807, 2.05) is 6.07 Å². The molecule has 0 aliphatic heterocycles. The molecular weight excluding hydrogens is 347 g/mol. The molecule has 0 saturated heterocycles. The van der Waals surface area contributed by atoms with Crippen LogP contribution in [0.15, 0.2) is 48.5 Å². The predicted octanol–water partition coefficient (Wildman–Crippen LogP) is 3.58. The van der Waals surface area contributed by atoms with Crippen molar-refractivity contribution in [1.29, 1.82) is 5.26 Å². The predicted molar refractivity (Wildman–Crippen MR) is 90.7 cm³/mol. The summed E-state index contributed by atoms with van der Waals surface area (Å²) in [6.45, 7) is -0.385. The molecule has 5 nitrogen and oxygen atoms in total. The first kappa shape index (κ1) is 18.4. The van der Waals surface area contributed by atoms with E-state index in [1.54, 1.807) is 0 Å². The zero-order valence-electron chi connectivity index (χ0n) is 13.1. The number of carbonyl (C=O) groups is 2. The molecule has 25 heavy (non-hydrogen) atoms. The fourth-order valence-electron chi connectivity index (χ4n) is 2.06. The van der Waals surface area contributed by atoms with Crippen LogP contribution in [-0.4, -0.2) is 25.0 Å². The van der Waals surface area contributed by atoms with Gasteiger partial charge in [0.05, 0.1) is 18.1 Å². The van der Waals surface area contributed by atoms with Crippen molar-refractivity contribution in [2.75, 3.05) is 18.1 Å². The summed E-state index contributed by atoms with van der Waals surface area (Å²) in [5.74, 6) is -1.61. The van der Waals surface area contributed by atoms with Crippen molar-refractivity contribution in [1.82, 2.24) is 0 Å². The Balaban J connectivity index is 2.03. The van der Waals surface area contributed by atoms with Gasteiger partial charge in [0.2, 0.25) is 0 Å². The van der Waals surface area contributed by atoms with Gasteiger partial charge < -0.3 is 9.64 Å². The monoisotopic (exact) mass is 360 g/mol. The first-order valence-corrected chi connectivity index (χ1v) is 7.74. The van der Waals surface area contributed by atoms with Gasteiger partial charge in [0.15, 0.2) is 6.61 Å². The number of nitrogens with zero attached hydrogens (tertiary/aromatic N) is 2. The number of nitriles is 1. The fourth-order valence-corrected chi connectivity index (χ4v) is 2.18. The van der Waals surface area contributed by atoms with Crippen LogP contribution in [0.25, 0.3) is 0 Å². The Hall–Kier alpha value is -2.91. The first-order chi connectivity index (χ1) is 12.0. The molecule has 7 heteroatoms. The van der Waals surface area contributed by atoms with E-state index >= 15 is 0 Å². The largest absolute Gasteiger partial charge is 0.452 e. The summed E-state index contributed by atoms with van der Waals surface area (Å²) in [4.78, 5) is 25.6. The van der Waals surface area contributed by atoms with Crippen LogP contribution in [0.5, 0.6) is 0 Å². The third kappa shape index (κ3) is 5.30. The van der Waals surface area contributed by atoms with Gasteiger partial charge in [-0.15, -0.1) is 0 Å². The summed E-state index contributed by atoms with van der Waals surface area (Å²) < 4.78 is 18.0. The lowest BCUT2D eigenvalue weighted by atomic mass is 10.2. The van der Waals surface area contributed by atoms with Crippen LogP contribution in [0.2, 0.25) is 5.02 Å². The van der Waals surface area contributed by atoms with E-state index in [4.69, 9.17) is 21.6 Å². The van der Waals surface area contributed by atoms with Crippen LogP contribution in [0.4, 0.5) is 10.1 Å². The van der Waals surface area contributed by atoms with Crippen LogP contribution < -0.4 is 4.90 Å². The molecule has 0 radical (unpaired) electrons. The lowest BCUT2D eigenvalue weighted by Crippen LogP contribution is -2.35. The minimum Gasteiger partial charge on any atom is -0.452 e. The zero-order chi connectivity index (χ0) is 18.2. The highest BCUT2D eigenvalue weighted by Gasteiger charge is 2.18.